The first-order valence-electron chi connectivity index (χ1n) is 5.69. The molecule has 1 aromatic carbocycles. The third-order valence-electron chi connectivity index (χ3n) is 2.47. The van der Waals surface area contributed by atoms with Gasteiger partial charge in [0.15, 0.2) is 5.82 Å². The normalized spacial score (nSPS) is 10.6. The van der Waals surface area contributed by atoms with Crippen LogP contribution in [0.5, 0.6) is 0 Å². The Kier molecular flexibility index (Phi) is 3.91. The molecule has 0 amide bonds. The molecule has 0 fully saturated rings. The third kappa shape index (κ3) is 2.85. The van der Waals surface area contributed by atoms with Gasteiger partial charge in [0.1, 0.15) is 11.6 Å². The van der Waals surface area contributed by atoms with Crippen molar-refractivity contribution in [3.05, 3.63) is 40.2 Å². The van der Waals surface area contributed by atoms with Crippen molar-refractivity contribution in [2.45, 2.75) is 19.8 Å². The lowest BCUT2D eigenvalue weighted by molar-refractivity contribution is 0.628. The Bertz CT molecular complexity index is 572. The second-order valence-corrected chi connectivity index (χ2v) is 4.84. The molecule has 0 atom stereocenters. The Morgan fingerprint density at radius 1 is 1.28 bits per heavy atom. The molecule has 1 heterocycles. The molecule has 0 spiro atoms. The first-order chi connectivity index (χ1) is 8.60. The highest BCUT2D eigenvalue weighted by Gasteiger charge is 2.10. The lowest BCUT2D eigenvalue weighted by atomic mass is 10.2. The van der Waals surface area contributed by atoms with Gasteiger partial charge in [-0.15, -0.1) is 0 Å². The molecule has 2 rings (SSSR count). The fourth-order valence-electron chi connectivity index (χ4n) is 1.69. The molecule has 3 nitrogen and oxygen atoms in total. The Morgan fingerprint density at radius 3 is 2.78 bits per heavy atom. The van der Waals surface area contributed by atoms with Gasteiger partial charge in [-0.3, -0.25) is 0 Å². The van der Waals surface area contributed by atoms with Gasteiger partial charge in [-0.25, -0.2) is 14.4 Å². The number of hydrogen-bond donors (Lipinski definition) is 1. The van der Waals surface area contributed by atoms with Crippen molar-refractivity contribution in [1.82, 2.24) is 9.97 Å². The second-order valence-electron chi connectivity index (χ2n) is 3.98. The zero-order chi connectivity index (χ0) is 13.1. The number of anilines is 1. The van der Waals surface area contributed by atoms with Crippen LogP contribution in [0, 0.1) is 5.82 Å². The minimum absolute atomic E-state index is 0.323. The number of aromatic nitrogens is 2. The van der Waals surface area contributed by atoms with E-state index in [0.29, 0.717) is 17.2 Å². The van der Waals surface area contributed by atoms with E-state index >= 15 is 0 Å². The predicted molar refractivity (Wildman–Crippen MR) is 73.5 cm³/mol. The van der Waals surface area contributed by atoms with Gasteiger partial charge in [0.05, 0.1) is 0 Å². The van der Waals surface area contributed by atoms with Crippen molar-refractivity contribution in [3.8, 4) is 11.4 Å². The number of nitrogens with two attached hydrogens (primary N) is 1. The molecule has 2 aromatic rings. The van der Waals surface area contributed by atoms with Crippen molar-refractivity contribution in [1.29, 1.82) is 0 Å². The minimum atomic E-state index is -0.323. The van der Waals surface area contributed by atoms with Gasteiger partial charge in [0, 0.05) is 21.8 Å². The average Bonchev–Trinajstić information content (AvgIpc) is 2.32. The van der Waals surface area contributed by atoms with E-state index in [-0.39, 0.29) is 5.82 Å². The lowest BCUT2D eigenvalue weighted by Gasteiger charge is -2.07. The second kappa shape index (κ2) is 5.44. The van der Waals surface area contributed by atoms with Crippen LogP contribution in [0.2, 0.25) is 0 Å². The van der Waals surface area contributed by atoms with E-state index in [9.17, 15) is 4.39 Å². The molecular formula is C13H13BrFN3. The fourth-order valence-corrected chi connectivity index (χ4v) is 2.12. The summed E-state index contributed by atoms with van der Waals surface area (Å²) in [5.74, 6) is 0.528. The van der Waals surface area contributed by atoms with Gasteiger partial charge >= 0.3 is 0 Å². The SMILES string of the molecule is CCCc1cc(N)nc(-c2cc(F)ccc2Br)n1. The number of benzene rings is 1. The van der Waals surface area contributed by atoms with E-state index in [1.807, 2.05) is 0 Å². The topological polar surface area (TPSA) is 51.8 Å². The van der Waals surface area contributed by atoms with E-state index in [0.717, 1.165) is 23.0 Å². The Balaban J connectivity index is 2.52. The average molecular weight is 310 g/mol. The first kappa shape index (κ1) is 13.0. The van der Waals surface area contributed by atoms with Crippen molar-refractivity contribution in [2.24, 2.45) is 0 Å². The monoisotopic (exact) mass is 309 g/mol. The Labute approximate surface area is 113 Å². The van der Waals surface area contributed by atoms with Gasteiger partial charge in [0.25, 0.3) is 0 Å². The Morgan fingerprint density at radius 2 is 2.06 bits per heavy atom. The van der Waals surface area contributed by atoms with Crippen LogP contribution in [0.1, 0.15) is 19.0 Å². The number of nitrogens with zero attached hydrogens (tertiary/aromatic N) is 2. The highest BCUT2D eigenvalue weighted by atomic mass is 79.9. The number of rotatable bonds is 3. The molecule has 0 radical (unpaired) electrons. The van der Waals surface area contributed by atoms with Gasteiger partial charge in [-0.05, 0) is 24.6 Å². The van der Waals surface area contributed by atoms with Crippen LogP contribution in [0.15, 0.2) is 28.7 Å². The maximum atomic E-state index is 13.3. The highest BCUT2D eigenvalue weighted by molar-refractivity contribution is 9.10. The molecular weight excluding hydrogens is 297 g/mol. The maximum Gasteiger partial charge on any atom is 0.162 e. The molecule has 2 N–H and O–H groups in total. The third-order valence-corrected chi connectivity index (χ3v) is 3.17. The smallest absolute Gasteiger partial charge is 0.162 e. The number of nitrogen functional groups attached to an aromatic ring is 1. The highest BCUT2D eigenvalue weighted by Crippen LogP contribution is 2.27. The maximum absolute atomic E-state index is 13.3. The minimum Gasteiger partial charge on any atom is -0.384 e. The van der Waals surface area contributed by atoms with Gasteiger partial charge in [-0.2, -0.15) is 0 Å². The van der Waals surface area contributed by atoms with Crippen molar-refractivity contribution in [3.63, 3.8) is 0 Å². The standard InChI is InChI=1S/C13H13BrFN3/c1-2-3-9-7-12(16)18-13(17-9)10-6-8(15)4-5-11(10)14/h4-7H,2-3H2,1H3,(H2,16,17,18). The van der Waals surface area contributed by atoms with Crippen LogP contribution in [0.3, 0.4) is 0 Å². The number of halogens is 2. The molecule has 0 saturated heterocycles. The Hall–Kier alpha value is -1.49. The summed E-state index contributed by atoms with van der Waals surface area (Å²) in [6.45, 7) is 2.07. The van der Waals surface area contributed by atoms with Gasteiger partial charge < -0.3 is 5.73 Å². The summed E-state index contributed by atoms with van der Waals surface area (Å²) in [5, 5.41) is 0. The van der Waals surface area contributed by atoms with Crippen LogP contribution >= 0.6 is 15.9 Å². The molecule has 94 valence electrons. The zero-order valence-corrected chi connectivity index (χ0v) is 11.5. The molecule has 1 aromatic heterocycles. The van der Waals surface area contributed by atoms with Crippen LogP contribution in [0.25, 0.3) is 11.4 Å². The van der Waals surface area contributed by atoms with Crippen molar-refractivity contribution >= 4 is 21.7 Å². The molecule has 5 heteroatoms. The summed E-state index contributed by atoms with van der Waals surface area (Å²) in [7, 11) is 0. The lowest BCUT2D eigenvalue weighted by Crippen LogP contribution is -2.01. The summed E-state index contributed by atoms with van der Waals surface area (Å²) in [5.41, 5.74) is 7.24. The van der Waals surface area contributed by atoms with Gasteiger partial charge in [0.2, 0.25) is 0 Å². The summed E-state index contributed by atoms with van der Waals surface area (Å²) >= 11 is 3.37. The van der Waals surface area contributed by atoms with Gasteiger partial charge in [-0.1, -0.05) is 29.3 Å². The number of aryl methyl sites for hydroxylation is 1. The summed E-state index contributed by atoms with van der Waals surface area (Å²) in [6.07, 6.45) is 1.80. The molecule has 18 heavy (non-hydrogen) atoms. The first-order valence-corrected chi connectivity index (χ1v) is 6.48. The zero-order valence-electron chi connectivity index (χ0n) is 9.95. The summed E-state index contributed by atoms with van der Waals surface area (Å²) < 4.78 is 14.0. The summed E-state index contributed by atoms with van der Waals surface area (Å²) in [4.78, 5) is 8.57. The molecule has 0 aliphatic heterocycles. The van der Waals surface area contributed by atoms with E-state index in [2.05, 4.69) is 32.8 Å². The van der Waals surface area contributed by atoms with Crippen LogP contribution in [-0.4, -0.2) is 9.97 Å². The molecule has 0 unspecified atom stereocenters. The fraction of sp³-hybridized carbons (Fsp3) is 0.231. The number of hydrogen-bond acceptors (Lipinski definition) is 3. The van der Waals surface area contributed by atoms with Crippen LogP contribution in [0.4, 0.5) is 10.2 Å². The largest absolute Gasteiger partial charge is 0.384 e. The molecule has 0 aliphatic rings. The van der Waals surface area contributed by atoms with E-state index in [1.165, 1.54) is 12.1 Å². The van der Waals surface area contributed by atoms with Crippen LogP contribution < -0.4 is 5.73 Å². The van der Waals surface area contributed by atoms with Crippen LogP contribution in [-0.2, 0) is 6.42 Å². The summed E-state index contributed by atoms with van der Waals surface area (Å²) in [6, 6.07) is 6.17. The quantitative estimate of drug-likeness (QED) is 0.942. The van der Waals surface area contributed by atoms with Crippen molar-refractivity contribution in [2.75, 3.05) is 5.73 Å². The molecule has 0 saturated carbocycles. The van der Waals surface area contributed by atoms with E-state index in [1.54, 1.807) is 12.1 Å². The van der Waals surface area contributed by atoms with Crippen molar-refractivity contribution < 1.29 is 4.39 Å². The van der Waals surface area contributed by atoms with E-state index < -0.39 is 0 Å². The molecule has 0 aliphatic carbocycles. The molecule has 0 bridgehead atoms. The predicted octanol–water partition coefficient (Wildman–Crippen LogP) is 3.58. The van der Waals surface area contributed by atoms with E-state index in [4.69, 9.17) is 5.73 Å².